The highest BCUT2D eigenvalue weighted by molar-refractivity contribution is 5.84. The van der Waals surface area contributed by atoms with Crippen molar-refractivity contribution in [1.29, 1.82) is 0 Å². The van der Waals surface area contributed by atoms with E-state index < -0.39 is 0 Å². The molecule has 16 heavy (non-hydrogen) atoms. The SMILES string of the molecule is C=CCc1nnc2c3[nH]cnc3[nH]c(=O)n12. The first-order chi connectivity index (χ1) is 7.81. The van der Waals surface area contributed by atoms with Gasteiger partial charge in [-0.05, 0) is 0 Å². The third kappa shape index (κ3) is 1.02. The number of allylic oxidation sites excluding steroid dienone is 1. The smallest absolute Gasteiger partial charge is 0.334 e. The van der Waals surface area contributed by atoms with E-state index in [9.17, 15) is 4.79 Å². The number of hydrogen-bond donors (Lipinski definition) is 2. The molecule has 0 fully saturated rings. The highest BCUT2D eigenvalue weighted by Crippen LogP contribution is 2.10. The fourth-order valence-electron chi connectivity index (χ4n) is 1.67. The molecule has 3 aromatic rings. The van der Waals surface area contributed by atoms with Gasteiger partial charge in [0.15, 0.2) is 11.3 Å². The van der Waals surface area contributed by atoms with E-state index in [1.165, 1.54) is 10.7 Å². The van der Waals surface area contributed by atoms with Gasteiger partial charge in [0.05, 0.1) is 6.33 Å². The van der Waals surface area contributed by atoms with Crippen LogP contribution in [0, 0.1) is 0 Å². The minimum absolute atomic E-state index is 0.295. The lowest BCUT2D eigenvalue weighted by Gasteiger charge is -1.95. The number of imidazole rings is 1. The van der Waals surface area contributed by atoms with E-state index in [0.29, 0.717) is 29.1 Å². The van der Waals surface area contributed by atoms with Gasteiger partial charge in [-0.25, -0.2) is 14.2 Å². The van der Waals surface area contributed by atoms with Crippen LogP contribution in [-0.4, -0.2) is 29.5 Å². The van der Waals surface area contributed by atoms with Crippen LogP contribution in [0.1, 0.15) is 5.82 Å². The van der Waals surface area contributed by atoms with Crippen molar-refractivity contribution in [3.8, 4) is 0 Å². The van der Waals surface area contributed by atoms with Crippen molar-refractivity contribution in [2.24, 2.45) is 0 Å². The maximum Gasteiger partial charge on any atom is 0.334 e. The normalized spacial score (nSPS) is 11.2. The Hall–Kier alpha value is -2.44. The van der Waals surface area contributed by atoms with Gasteiger partial charge in [0.1, 0.15) is 11.3 Å². The molecule has 3 aromatic heterocycles. The zero-order valence-corrected chi connectivity index (χ0v) is 8.27. The summed E-state index contributed by atoms with van der Waals surface area (Å²) in [5.74, 6) is 0.558. The Balaban J connectivity index is 2.52. The van der Waals surface area contributed by atoms with E-state index in [0.717, 1.165) is 0 Å². The molecular weight excluding hydrogens is 208 g/mol. The Morgan fingerprint density at radius 1 is 1.50 bits per heavy atom. The van der Waals surface area contributed by atoms with Gasteiger partial charge >= 0.3 is 5.69 Å². The molecule has 0 saturated heterocycles. The number of fused-ring (bicyclic) bond motifs is 3. The predicted octanol–water partition coefficient (Wildman–Crippen LogP) is 0.0224. The number of nitrogens with zero attached hydrogens (tertiary/aromatic N) is 4. The molecule has 0 aliphatic heterocycles. The van der Waals surface area contributed by atoms with Gasteiger partial charge in [0.2, 0.25) is 0 Å². The van der Waals surface area contributed by atoms with Crippen LogP contribution in [-0.2, 0) is 6.42 Å². The lowest BCUT2D eigenvalue weighted by Crippen LogP contribution is -2.18. The summed E-state index contributed by atoms with van der Waals surface area (Å²) in [5, 5.41) is 7.92. The Morgan fingerprint density at radius 2 is 2.38 bits per heavy atom. The minimum atomic E-state index is -0.295. The van der Waals surface area contributed by atoms with Crippen LogP contribution < -0.4 is 5.69 Å². The third-order valence-electron chi connectivity index (χ3n) is 2.35. The number of aromatic nitrogens is 6. The topological polar surface area (TPSA) is 91.7 Å². The van der Waals surface area contributed by atoms with Crippen molar-refractivity contribution in [1.82, 2.24) is 29.5 Å². The fraction of sp³-hybridized carbons (Fsp3) is 0.111. The van der Waals surface area contributed by atoms with Crippen molar-refractivity contribution >= 4 is 16.8 Å². The molecular formula is C9H8N6O. The largest absolute Gasteiger partial charge is 0.340 e. The van der Waals surface area contributed by atoms with E-state index in [2.05, 4.69) is 31.7 Å². The van der Waals surface area contributed by atoms with E-state index in [1.54, 1.807) is 6.08 Å². The summed E-state index contributed by atoms with van der Waals surface area (Å²) in [6, 6.07) is 0. The summed E-state index contributed by atoms with van der Waals surface area (Å²) in [6.45, 7) is 3.61. The molecule has 2 N–H and O–H groups in total. The number of rotatable bonds is 2. The van der Waals surface area contributed by atoms with Crippen LogP contribution >= 0.6 is 0 Å². The fourth-order valence-corrected chi connectivity index (χ4v) is 1.67. The highest BCUT2D eigenvalue weighted by atomic mass is 16.1. The van der Waals surface area contributed by atoms with Crippen LogP contribution in [0.15, 0.2) is 23.8 Å². The first-order valence-electron chi connectivity index (χ1n) is 4.71. The van der Waals surface area contributed by atoms with Gasteiger partial charge in [-0.15, -0.1) is 16.8 Å². The number of nitrogens with one attached hydrogen (secondary N) is 2. The highest BCUT2D eigenvalue weighted by Gasteiger charge is 2.12. The summed E-state index contributed by atoms with van der Waals surface area (Å²) >= 11 is 0. The summed E-state index contributed by atoms with van der Waals surface area (Å²) in [7, 11) is 0. The van der Waals surface area contributed by atoms with Crippen molar-refractivity contribution in [2.45, 2.75) is 6.42 Å². The first-order valence-corrected chi connectivity index (χ1v) is 4.71. The van der Waals surface area contributed by atoms with Crippen LogP contribution in [0.4, 0.5) is 0 Å². The van der Waals surface area contributed by atoms with Crippen LogP contribution in [0.25, 0.3) is 16.8 Å². The van der Waals surface area contributed by atoms with Gasteiger partial charge in [0, 0.05) is 6.42 Å². The van der Waals surface area contributed by atoms with E-state index in [4.69, 9.17) is 0 Å². The summed E-state index contributed by atoms with van der Waals surface area (Å²) in [4.78, 5) is 21.3. The molecule has 3 heterocycles. The standard InChI is InChI=1S/C9H8N6O/c1-2-3-5-13-14-8-6-7(11-4-10-6)12-9(16)15(5)8/h2,4H,1,3H2,(H,10,11)(H,12,16). The second kappa shape index (κ2) is 3.02. The molecule has 0 aliphatic carbocycles. The Kier molecular flexibility index (Phi) is 1.67. The molecule has 0 saturated carbocycles. The van der Waals surface area contributed by atoms with Gasteiger partial charge in [0.25, 0.3) is 0 Å². The second-order valence-corrected chi connectivity index (χ2v) is 3.32. The number of aromatic amines is 2. The van der Waals surface area contributed by atoms with Crippen LogP contribution in [0.2, 0.25) is 0 Å². The Labute approximate surface area is 88.9 Å². The zero-order chi connectivity index (χ0) is 11.1. The predicted molar refractivity (Wildman–Crippen MR) is 57.2 cm³/mol. The van der Waals surface area contributed by atoms with Crippen molar-refractivity contribution in [3.05, 3.63) is 35.3 Å². The summed E-state index contributed by atoms with van der Waals surface area (Å²) in [5.41, 5.74) is 1.34. The number of H-pyrrole nitrogens is 2. The van der Waals surface area contributed by atoms with E-state index in [1.807, 2.05) is 0 Å². The maximum absolute atomic E-state index is 11.8. The van der Waals surface area contributed by atoms with Gasteiger partial charge in [-0.1, -0.05) is 6.08 Å². The lowest BCUT2D eigenvalue weighted by molar-refractivity contribution is 0.907. The average molecular weight is 216 g/mol. The molecule has 0 aromatic carbocycles. The molecule has 80 valence electrons. The molecule has 0 bridgehead atoms. The summed E-state index contributed by atoms with van der Waals surface area (Å²) in [6.07, 6.45) is 3.67. The van der Waals surface area contributed by atoms with Crippen LogP contribution in [0.5, 0.6) is 0 Å². The molecule has 0 spiro atoms. The van der Waals surface area contributed by atoms with Gasteiger partial charge in [-0.3, -0.25) is 4.98 Å². The quantitative estimate of drug-likeness (QED) is 0.591. The molecule has 0 atom stereocenters. The van der Waals surface area contributed by atoms with Crippen molar-refractivity contribution in [2.75, 3.05) is 0 Å². The van der Waals surface area contributed by atoms with Crippen molar-refractivity contribution < 1.29 is 0 Å². The van der Waals surface area contributed by atoms with Crippen LogP contribution in [0.3, 0.4) is 0 Å². The molecule has 0 aliphatic rings. The average Bonchev–Trinajstić information content (AvgIpc) is 2.84. The number of hydrogen-bond acceptors (Lipinski definition) is 4. The third-order valence-corrected chi connectivity index (χ3v) is 2.35. The molecule has 0 amide bonds. The Morgan fingerprint density at radius 3 is 3.19 bits per heavy atom. The lowest BCUT2D eigenvalue weighted by atomic mass is 10.4. The molecule has 0 unspecified atom stereocenters. The first kappa shape index (κ1) is 8.84. The zero-order valence-electron chi connectivity index (χ0n) is 8.27. The summed E-state index contributed by atoms with van der Waals surface area (Å²) < 4.78 is 1.42. The van der Waals surface area contributed by atoms with Gasteiger partial charge in [-0.2, -0.15) is 0 Å². The van der Waals surface area contributed by atoms with E-state index in [-0.39, 0.29) is 5.69 Å². The maximum atomic E-state index is 11.8. The Bertz CT molecular complexity index is 733. The van der Waals surface area contributed by atoms with E-state index >= 15 is 0 Å². The van der Waals surface area contributed by atoms with Gasteiger partial charge < -0.3 is 4.98 Å². The molecule has 0 radical (unpaired) electrons. The minimum Gasteiger partial charge on any atom is -0.340 e. The second-order valence-electron chi connectivity index (χ2n) is 3.32. The monoisotopic (exact) mass is 216 g/mol. The van der Waals surface area contributed by atoms with Crippen molar-refractivity contribution in [3.63, 3.8) is 0 Å². The molecule has 7 heteroatoms. The molecule has 3 rings (SSSR count). The molecule has 7 nitrogen and oxygen atoms in total.